The summed E-state index contributed by atoms with van der Waals surface area (Å²) in [6.45, 7) is 5.13. The topological polar surface area (TPSA) is 44.8 Å². The number of hydrogen-bond acceptors (Lipinski definition) is 4. The normalized spacial score (nSPS) is 11.9. The van der Waals surface area contributed by atoms with Crippen LogP contribution in [0.1, 0.15) is 19.4 Å². The van der Waals surface area contributed by atoms with Gasteiger partial charge in [-0.1, -0.05) is 28.1 Å². The Kier molecular flexibility index (Phi) is 8.30. The van der Waals surface area contributed by atoms with Crippen molar-refractivity contribution in [2.24, 2.45) is 0 Å². The van der Waals surface area contributed by atoms with Crippen LogP contribution in [0.15, 0.2) is 24.3 Å². The van der Waals surface area contributed by atoms with Gasteiger partial charge in [0, 0.05) is 18.4 Å². The van der Waals surface area contributed by atoms with Crippen LogP contribution in [0.25, 0.3) is 0 Å². The van der Waals surface area contributed by atoms with Crippen molar-refractivity contribution in [3.05, 3.63) is 29.8 Å². The van der Waals surface area contributed by atoms with Crippen molar-refractivity contribution in [1.29, 1.82) is 0 Å². The summed E-state index contributed by atoms with van der Waals surface area (Å²) in [6, 6.07) is 7.67. The van der Waals surface area contributed by atoms with Crippen LogP contribution in [0.5, 0.6) is 5.75 Å². The maximum atomic E-state index is 11.8. The lowest BCUT2D eigenvalue weighted by Gasteiger charge is -2.15. The Morgan fingerprint density at radius 1 is 1.20 bits per heavy atom. The molecule has 0 saturated carbocycles. The van der Waals surface area contributed by atoms with Gasteiger partial charge in [0.15, 0.2) is 6.10 Å². The van der Waals surface area contributed by atoms with Crippen molar-refractivity contribution in [1.82, 2.24) is 0 Å². The molecule has 0 aromatic heterocycles. The zero-order valence-corrected chi connectivity index (χ0v) is 13.5. The van der Waals surface area contributed by atoms with E-state index in [1.165, 1.54) is 0 Å². The number of hydrogen-bond donors (Lipinski definition) is 0. The molecule has 0 unspecified atom stereocenters. The molecule has 0 saturated heterocycles. The van der Waals surface area contributed by atoms with Gasteiger partial charge in [-0.25, -0.2) is 4.79 Å². The maximum Gasteiger partial charge on any atom is 0.335 e. The zero-order valence-electron chi connectivity index (χ0n) is 11.9. The van der Waals surface area contributed by atoms with Crippen molar-refractivity contribution < 1.29 is 19.0 Å². The highest BCUT2D eigenvalue weighted by molar-refractivity contribution is 9.09. The van der Waals surface area contributed by atoms with E-state index >= 15 is 0 Å². The average Bonchev–Trinajstić information content (AvgIpc) is 2.46. The lowest BCUT2D eigenvalue weighted by atomic mass is 10.1. The van der Waals surface area contributed by atoms with Gasteiger partial charge in [-0.3, -0.25) is 0 Å². The molecule has 0 radical (unpaired) electrons. The molecule has 0 bridgehead atoms. The van der Waals surface area contributed by atoms with Gasteiger partial charge in [0.25, 0.3) is 0 Å². The molecule has 0 spiro atoms. The van der Waals surface area contributed by atoms with E-state index in [0.717, 1.165) is 16.6 Å². The second-order valence-corrected chi connectivity index (χ2v) is 4.87. The SMILES string of the molecule is CCOC(=O)[C@H](Cc1ccc(OCCBr)cc1)OCC. The summed E-state index contributed by atoms with van der Waals surface area (Å²) in [5.74, 6) is 0.506. The van der Waals surface area contributed by atoms with Crippen LogP contribution >= 0.6 is 15.9 Å². The monoisotopic (exact) mass is 344 g/mol. The number of ether oxygens (including phenoxy) is 3. The Morgan fingerprint density at radius 3 is 2.45 bits per heavy atom. The van der Waals surface area contributed by atoms with E-state index in [4.69, 9.17) is 14.2 Å². The predicted molar refractivity (Wildman–Crippen MR) is 81.5 cm³/mol. The predicted octanol–water partition coefficient (Wildman–Crippen LogP) is 2.97. The average molecular weight is 345 g/mol. The smallest absolute Gasteiger partial charge is 0.335 e. The Balaban J connectivity index is 2.61. The molecule has 0 aliphatic rings. The van der Waals surface area contributed by atoms with Crippen molar-refractivity contribution in [2.45, 2.75) is 26.4 Å². The lowest BCUT2D eigenvalue weighted by Crippen LogP contribution is -2.28. The molecular weight excluding hydrogens is 324 g/mol. The molecule has 0 aliphatic carbocycles. The summed E-state index contributed by atoms with van der Waals surface area (Å²) in [4.78, 5) is 11.8. The summed E-state index contributed by atoms with van der Waals surface area (Å²) in [7, 11) is 0. The maximum absolute atomic E-state index is 11.8. The molecule has 1 aromatic carbocycles. The molecule has 20 heavy (non-hydrogen) atoms. The fourth-order valence-electron chi connectivity index (χ4n) is 1.74. The van der Waals surface area contributed by atoms with Gasteiger partial charge in [0.1, 0.15) is 5.75 Å². The number of esters is 1. The van der Waals surface area contributed by atoms with E-state index in [1.54, 1.807) is 6.92 Å². The van der Waals surface area contributed by atoms with Gasteiger partial charge in [0.2, 0.25) is 0 Å². The minimum Gasteiger partial charge on any atom is -0.493 e. The van der Waals surface area contributed by atoms with Crippen LogP contribution in [0.2, 0.25) is 0 Å². The molecule has 5 heteroatoms. The van der Waals surface area contributed by atoms with Crippen LogP contribution < -0.4 is 4.74 Å². The van der Waals surface area contributed by atoms with Gasteiger partial charge in [0.05, 0.1) is 13.2 Å². The minimum absolute atomic E-state index is 0.311. The van der Waals surface area contributed by atoms with Gasteiger partial charge in [-0.2, -0.15) is 0 Å². The third-order valence-electron chi connectivity index (χ3n) is 2.61. The molecular formula is C15H21BrO4. The minimum atomic E-state index is -0.547. The largest absolute Gasteiger partial charge is 0.493 e. The number of rotatable bonds is 9. The van der Waals surface area contributed by atoms with Crippen LogP contribution in [-0.4, -0.2) is 37.2 Å². The summed E-state index contributed by atoms with van der Waals surface area (Å²) in [5, 5.41) is 0.796. The highest BCUT2D eigenvalue weighted by atomic mass is 79.9. The highest BCUT2D eigenvalue weighted by Crippen LogP contribution is 2.15. The van der Waals surface area contributed by atoms with Crippen molar-refractivity contribution in [3.63, 3.8) is 0 Å². The van der Waals surface area contributed by atoms with E-state index in [2.05, 4.69) is 15.9 Å². The second kappa shape index (κ2) is 9.77. The number of carbonyl (C=O) groups is 1. The molecule has 1 aromatic rings. The number of carbonyl (C=O) groups excluding carboxylic acids is 1. The van der Waals surface area contributed by atoms with Crippen LogP contribution in [0.4, 0.5) is 0 Å². The summed E-state index contributed by atoms with van der Waals surface area (Å²) in [5.41, 5.74) is 1.02. The molecule has 0 amide bonds. The Morgan fingerprint density at radius 2 is 1.90 bits per heavy atom. The third kappa shape index (κ3) is 5.92. The lowest BCUT2D eigenvalue weighted by molar-refractivity contribution is -0.156. The van der Waals surface area contributed by atoms with E-state index in [9.17, 15) is 4.79 Å². The second-order valence-electron chi connectivity index (χ2n) is 4.08. The Bertz CT molecular complexity index is 391. The van der Waals surface area contributed by atoms with E-state index in [0.29, 0.717) is 26.2 Å². The standard InChI is InChI=1S/C15H21BrO4/c1-3-18-14(15(17)19-4-2)11-12-5-7-13(8-6-12)20-10-9-16/h5-8,14H,3-4,9-11H2,1-2H3/t14-/m0/s1. The van der Waals surface area contributed by atoms with Gasteiger partial charge in [-0.05, 0) is 31.5 Å². The first-order chi connectivity index (χ1) is 9.71. The quantitative estimate of drug-likeness (QED) is 0.510. The van der Waals surface area contributed by atoms with Gasteiger partial charge < -0.3 is 14.2 Å². The van der Waals surface area contributed by atoms with E-state index in [1.807, 2.05) is 31.2 Å². The highest BCUT2D eigenvalue weighted by Gasteiger charge is 2.20. The Hall–Kier alpha value is -1.07. The first-order valence-electron chi connectivity index (χ1n) is 6.77. The zero-order chi connectivity index (χ0) is 14.8. The molecule has 0 heterocycles. The van der Waals surface area contributed by atoms with E-state index < -0.39 is 6.10 Å². The van der Waals surface area contributed by atoms with Crippen LogP contribution in [-0.2, 0) is 20.7 Å². The molecule has 0 fully saturated rings. The summed E-state index contributed by atoms with van der Waals surface area (Å²) < 4.78 is 15.9. The van der Waals surface area contributed by atoms with Gasteiger partial charge in [-0.15, -0.1) is 0 Å². The van der Waals surface area contributed by atoms with E-state index in [-0.39, 0.29) is 5.97 Å². The van der Waals surface area contributed by atoms with Crippen molar-refractivity contribution >= 4 is 21.9 Å². The van der Waals surface area contributed by atoms with Gasteiger partial charge >= 0.3 is 5.97 Å². The van der Waals surface area contributed by atoms with Crippen LogP contribution in [0.3, 0.4) is 0 Å². The molecule has 112 valence electrons. The number of halogens is 1. The first kappa shape index (κ1) is 17.0. The number of benzene rings is 1. The van der Waals surface area contributed by atoms with Crippen molar-refractivity contribution in [2.75, 3.05) is 25.2 Å². The molecule has 0 aliphatic heterocycles. The van der Waals surface area contributed by atoms with Crippen LogP contribution in [0, 0.1) is 0 Å². The summed E-state index contributed by atoms with van der Waals surface area (Å²) >= 11 is 3.31. The third-order valence-corrected chi connectivity index (χ3v) is 2.93. The molecule has 0 N–H and O–H groups in total. The molecule has 1 rings (SSSR count). The fourth-order valence-corrected chi connectivity index (χ4v) is 1.90. The number of alkyl halides is 1. The first-order valence-corrected chi connectivity index (χ1v) is 7.89. The summed E-state index contributed by atoms with van der Waals surface area (Å²) in [6.07, 6.45) is -0.0416. The Labute approximate surface area is 128 Å². The molecule has 1 atom stereocenters. The molecule has 4 nitrogen and oxygen atoms in total. The fraction of sp³-hybridized carbons (Fsp3) is 0.533. The van der Waals surface area contributed by atoms with Crippen molar-refractivity contribution in [3.8, 4) is 5.75 Å².